The molecule has 24 heavy (non-hydrogen) atoms. The van der Waals surface area contributed by atoms with E-state index >= 15 is 0 Å². The van der Waals surface area contributed by atoms with E-state index in [2.05, 4.69) is 39.6 Å². The lowest BCUT2D eigenvalue weighted by Gasteiger charge is -2.08. The number of para-hydroxylation sites is 1. The van der Waals surface area contributed by atoms with Gasteiger partial charge in [-0.25, -0.2) is 4.99 Å². The molecular weight excluding hydrogens is 296 g/mol. The molecule has 1 aliphatic carbocycles. The van der Waals surface area contributed by atoms with E-state index in [1.165, 1.54) is 24.0 Å². The Labute approximate surface area is 141 Å². The number of nitrogens with zero attached hydrogens (tertiary/aromatic N) is 2. The molecule has 0 spiro atoms. The van der Waals surface area contributed by atoms with Crippen molar-refractivity contribution in [2.45, 2.75) is 25.8 Å². The average Bonchev–Trinajstić information content (AvgIpc) is 3.07. The summed E-state index contributed by atoms with van der Waals surface area (Å²) in [4.78, 5) is 8.86. The molecule has 0 bridgehead atoms. The molecule has 4 heteroatoms. The second-order valence-corrected chi connectivity index (χ2v) is 6.15. The van der Waals surface area contributed by atoms with Crippen LogP contribution in [0.5, 0.6) is 0 Å². The van der Waals surface area contributed by atoms with Gasteiger partial charge in [-0.3, -0.25) is 4.98 Å². The fourth-order valence-corrected chi connectivity index (χ4v) is 3.30. The number of pyridine rings is 1. The third-order valence-corrected chi connectivity index (χ3v) is 4.53. The summed E-state index contributed by atoms with van der Waals surface area (Å²) in [6, 6.07) is 16.5. The highest BCUT2D eigenvalue weighted by Gasteiger charge is 2.10. The normalized spacial score (nSPS) is 13.9. The highest BCUT2D eigenvalue weighted by atomic mass is 15.1. The number of fused-ring (bicyclic) bond motifs is 2. The summed E-state index contributed by atoms with van der Waals surface area (Å²) >= 11 is 0. The number of guanidine groups is 1. The van der Waals surface area contributed by atoms with E-state index < -0.39 is 0 Å². The first-order chi connectivity index (χ1) is 11.8. The summed E-state index contributed by atoms with van der Waals surface area (Å²) in [5, 5.41) is 4.32. The van der Waals surface area contributed by atoms with Crippen molar-refractivity contribution in [2.75, 3.05) is 5.32 Å². The maximum absolute atomic E-state index is 6.07. The Morgan fingerprint density at radius 1 is 1.08 bits per heavy atom. The lowest BCUT2D eigenvalue weighted by atomic mass is 10.1. The Morgan fingerprint density at radius 2 is 1.96 bits per heavy atom. The molecule has 0 saturated heterocycles. The van der Waals surface area contributed by atoms with Crippen molar-refractivity contribution in [1.29, 1.82) is 0 Å². The average molecular weight is 316 g/mol. The number of aliphatic imine (C=N–C) groups is 1. The molecule has 3 N–H and O–H groups in total. The van der Waals surface area contributed by atoms with E-state index in [0.717, 1.165) is 28.6 Å². The SMILES string of the molecule is NC(=NCc1ccnc2ccccc12)Nc1ccc2c(c1)CCC2. The van der Waals surface area contributed by atoms with Crippen molar-refractivity contribution >= 4 is 22.5 Å². The molecule has 3 aromatic rings. The standard InChI is InChI=1S/C20H20N4/c21-20(24-17-9-8-14-4-3-5-15(14)12-17)23-13-16-10-11-22-19-7-2-1-6-18(16)19/h1-2,6-12H,3-5,13H2,(H3,21,23,24). The molecule has 4 rings (SSSR count). The second kappa shape index (κ2) is 6.32. The highest BCUT2D eigenvalue weighted by molar-refractivity contribution is 5.92. The van der Waals surface area contributed by atoms with Crippen molar-refractivity contribution in [3.8, 4) is 0 Å². The summed E-state index contributed by atoms with van der Waals surface area (Å²) in [6.45, 7) is 0.535. The number of benzene rings is 2. The molecule has 4 nitrogen and oxygen atoms in total. The number of anilines is 1. The number of hydrogen-bond donors (Lipinski definition) is 2. The van der Waals surface area contributed by atoms with Gasteiger partial charge in [0, 0.05) is 17.3 Å². The largest absolute Gasteiger partial charge is 0.370 e. The monoisotopic (exact) mass is 316 g/mol. The van der Waals surface area contributed by atoms with E-state index in [1.807, 2.05) is 30.5 Å². The highest BCUT2D eigenvalue weighted by Crippen LogP contribution is 2.24. The van der Waals surface area contributed by atoms with Crippen molar-refractivity contribution in [1.82, 2.24) is 4.98 Å². The summed E-state index contributed by atoms with van der Waals surface area (Å²) in [5.41, 5.74) is 12.1. The van der Waals surface area contributed by atoms with E-state index in [1.54, 1.807) is 0 Å². The van der Waals surface area contributed by atoms with Crippen LogP contribution in [0.15, 0.2) is 59.7 Å². The molecule has 0 amide bonds. The number of nitrogens with one attached hydrogen (secondary N) is 1. The quantitative estimate of drug-likeness (QED) is 0.572. The summed E-state index contributed by atoms with van der Waals surface area (Å²) in [6.07, 6.45) is 5.41. The van der Waals surface area contributed by atoms with Crippen molar-refractivity contribution < 1.29 is 0 Å². The van der Waals surface area contributed by atoms with E-state index in [4.69, 9.17) is 5.73 Å². The van der Waals surface area contributed by atoms with Crippen molar-refractivity contribution in [3.05, 3.63) is 71.4 Å². The van der Waals surface area contributed by atoms with Gasteiger partial charge in [-0.15, -0.1) is 0 Å². The molecule has 1 aromatic heterocycles. The fourth-order valence-electron chi connectivity index (χ4n) is 3.30. The first kappa shape index (κ1) is 14.7. The summed E-state index contributed by atoms with van der Waals surface area (Å²) in [5.74, 6) is 0.439. The first-order valence-electron chi connectivity index (χ1n) is 8.31. The molecule has 0 atom stereocenters. The Bertz CT molecular complexity index is 909. The van der Waals surface area contributed by atoms with Gasteiger partial charge in [-0.2, -0.15) is 0 Å². The van der Waals surface area contributed by atoms with Gasteiger partial charge >= 0.3 is 0 Å². The van der Waals surface area contributed by atoms with E-state index in [9.17, 15) is 0 Å². The third-order valence-electron chi connectivity index (χ3n) is 4.53. The Hall–Kier alpha value is -2.88. The van der Waals surface area contributed by atoms with Crippen LogP contribution in [0.3, 0.4) is 0 Å². The lowest BCUT2D eigenvalue weighted by molar-refractivity contribution is 0.912. The number of hydrogen-bond acceptors (Lipinski definition) is 2. The van der Waals surface area contributed by atoms with Gasteiger partial charge in [-0.1, -0.05) is 24.3 Å². The smallest absolute Gasteiger partial charge is 0.193 e. The molecule has 1 aliphatic rings. The van der Waals surface area contributed by atoms with Crippen LogP contribution in [0.25, 0.3) is 10.9 Å². The predicted molar refractivity (Wildman–Crippen MR) is 99.2 cm³/mol. The molecule has 0 radical (unpaired) electrons. The molecule has 120 valence electrons. The van der Waals surface area contributed by atoms with Crippen molar-refractivity contribution in [2.24, 2.45) is 10.7 Å². The van der Waals surface area contributed by atoms with Gasteiger partial charge in [0.25, 0.3) is 0 Å². The van der Waals surface area contributed by atoms with Gasteiger partial charge in [0.1, 0.15) is 0 Å². The third kappa shape index (κ3) is 2.95. The molecular formula is C20H20N4. The molecule has 1 heterocycles. The topological polar surface area (TPSA) is 63.3 Å². The second-order valence-electron chi connectivity index (χ2n) is 6.15. The van der Waals surface area contributed by atoms with Crippen LogP contribution >= 0.6 is 0 Å². The Morgan fingerprint density at radius 3 is 2.92 bits per heavy atom. The van der Waals surface area contributed by atoms with Gasteiger partial charge in [0.15, 0.2) is 5.96 Å². The van der Waals surface area contributed by atoms with Crippen LogP contribution in [0.2, 0.25) is 0 Å². The number of nitrogens with two attached hydrogens (primary N) is 1. The molecule has 0 fully saturated rings. The zero-order valence-electron chi connectivity index (χ0n) is 13.5. The molecule has 2 aromatic carbocycles. The minimum Gasteiger partial charge on any atom is -0.370 e. The van der Waals surface area contributed by atoms with Crippen LogP contribution in [0, 0.1) is 0 Å². The Balaban J connectivity index is 1.51. The van der Waals surface area contributed by atoms with Gasteiger partial charge in [0.05, 0.1) is 12.1 Å². The predicted octanol–water partition coefficient (Wildman–Crippen LogP) is 3.65. The minimum atomic E-state index is 0.439. The lowest BCUT2D eigenvalue weighted by Crippen LogP contribution is -2.22. The maximum atomic E-state index is 6.07. The van der Waals surface area contributed by atoms with Crippen LogP contribution in [-0.2, 0) is 19.4 Å². The van der Waals surface area contributed by atoms with E-state index in [-0.39, 0.29) is 0 Å². The molecule has 0 aliphatic heterocycles. The summed E-state index contributed by atoms with van der Waals surface area (Å²) < 4.78 is 0. The Kier molecular flexibility index (Phi) is 3.87. The first-order valence-corrected chi connectivity index (χ1v) is 8.31. The van der Waals surface area contributed by atoms with Crippen LogP contribution < -0.4 is 11.1 Å². The zero-order chi connectivity index (χ0) is 16.4. The molecule has 0 saturated carbocycles. The number of rotatable bonds is 3. The minimum absolute atomic E-state index is 0.439. The van der Waals surface area contributed by atoms with E-state index in [0.29, 0.717) is 12.5 Å². The van der Waals surface area contributed by atoms with Gasteiger partial charge < -0.3 is 11.1 Å². The zero-order valence-corrected chi connectivity index (χ0v) is 13.5. The number of aromatic nitrogens is 1. The molecule has 0 unspecified atom stereocenters. The van der Waals surface area contributed by atoms with Gasteiger partial charge in [-0.05, 0) is 60.2 Å². The number of aryl methyl sites for hydroxylation is 2. The van der Waals surface area contributed by atoms with Gasteiger partial charge in [0.2, 0.25) is 0 Å². The maximum Gasteiger partial charge on any atom is 0.193 e. The summed E-state index contributed by atoms with van der Waals surface area (Å²) in [7, 11) is 0. The fraction of sp³-hybridized carbons (Fsp3) is 0.200. The van der Waals surface area contributed by atoms with Crippen LogP contribution in [0.1, 0.15) is 23.1 Å². The van der Waals surface area contributed by atoms with Crippen molar-refractivity contribution in [3.63, 3.8) is 0 Å². The van der Waals surface area contributed by atoms with Crippen LogP contribution in [-0.4, -0.2) is 10.9 Å². The van der Waals surface area contributed by atoms with Crippen LogP contribution in [0.4, 0.5) is 5.69 Å².